The fourth-order valence-corrected chi connectivity index (χ4v) is 1.81. The van der Waals surface area contributed by atoms with Gasteiger partial charge >= 0.3 is 0 Å². The number of nitrogens with two attached hydrogens (primary N) is 1. The van der Waals surface area contributed by atoms with Gasteiger partial charge in [-0.2, -0.15) is 0 Å². The molecule has 0 aliphatic heterocycles. The van der Waals surface area contributed by atoms with Crippen LogP contribution in [0.2, 0.25) is 0 Å². The van der Waals surface area contributed by atoms with E-state index in [9.17, 15) is 17.2 Å². The number of aromatic nitrogens is 1. The zero-order chi connectivity index (χ0) is 10.9. The van der Waals surface area contributed by atoms with Gasteiger partial charge in [0.1, 0.15) is 0 Å². The molecule has 1 aromatic rings. The van der Waals surface area contributed by atoms with E-state index in [-0.39, 0.29) is 11.1 Å². The molecule has 0 saturated carbocycles. The maximum absolute atomic E-state index is 12.3. The third-order valence-electron chi connectivity index (χ3n) is 1.70. The van der Waals surface area contributed by atoms with Crippen molar-refractivity contribution in [3.63, 3.8) is 0 Å². The van der Waals surface area contributed by atoms with E-state index in [0.717, 1.165) is 12.3 Å². The van der Waals surface area contributed by atoms with E-state index < -0.39 is 21.5 Å². The first-order valence-corrected chi connectivity index (χ1v) is 5.15. The van der Waals surface area contributed by atoms with Crippen molar-refractivity contribution in [1.29, 1.82) is 0 Å². The SMILES string of the molecule is Cc1c(C(F)F)ccnc1S(N)(=O)=O. The third-order valence-corrected chi connectivity index (χ3v) is 2.65. The van der Waals surface area contributed by atoms with Crippen LogP contribution in [0.4, 0.5) is 8.78 Å². The van der Waals surface area contributed by atoms with E-state index in [1.54, 1.807) is 0 Å². The van der Waals surface area contributed by atoms with Crippen LogP contribution in [-0.2, 0) is 10.0 Å². The van der Waals surface area contributed by atoms with Crippen LogP contribution in [0.3, 0.4) is 0 Å². The fourth-order valence-electron chi connectivity index (χ4n) is 1.05. The first-order chi connectivity index (χ1) is 6.34. The molecule has 0 aliphatic rings. The summed E-state index contributed by atoms with van der Waals surface area (Å²) in [4.78, 5) is 3.45. The summed E-state index contributed by atoms with van der Waals surface area (Å²) in [7, 11) is -4.03. The minimum atomic E-state index is -4.03. The third kappa shape index (κ3) is 2.05. The lowest BCUT2D eigenvalue weighted by molar-refractivity contribution is 0.150. The van der Waals surface area contributed by atoms with Gasteiger partial charge < -0.3 is 0 Å². The zero-order valence-corrected chi connectivity index (χ0v) is 8.05. The fraction of sp³-hybridized carbons (Fsp3) is 0.286. The molecule has 0 spiro atoms. The monoisotopic (exact) mass is 222 g/mol. The van der Waals surface area contributed by atoms with Crippen LogP contribution in [0.5, 0.6) is 0 Å². The first kappa shape index (κ1) is 11.0. The van der Waals surface area contributed by atoms with Crippen molar-refractivity contribution in [2.24, 2.45) is 5.14 Å². The van der Waals surface area contributed by atoms with Crippen molar-refractivity contribution in [2.75, 3.05) is 0 Å². The Morgan fingerprint density at radius 2 is 2.07 bits per heavy atom. The van der Waals surface area contributed by atoms with Gasteiger partial charge in [-0.25, -0.2) is 27.3 Å². The number of sulfonamides is 1. The maximum Gasteiger partial charge on any atom is 0.264 e. The highest BCUT2D eigenvalue weighted by Gasteiger charge is 2.19. The van der Waals surface area contributed by atoms with E-state index in [0.29, 0.717) is 0 Å². The molecule has 7 heteroatoms. The van der Waals surface area contributed by atoms with Gasteiger partial charge in [0.15, 0.2) is 5.03 Å². The maximum atomic E-state index is 12.3. The lowest BCUT2D eigenvalue weighted by Gasteiger charge is -2.07. The van der Waals surface area contributed by atoms with Crippen molar-refractivity contribution >= 4 is 10.0 Å². The number of alkyl halides is 2. The number of hydrogen-bond donors (Lipinski definition) is 1. The van der Waals surface area contributed by atoms with Crippen molar-refractivity contribution in [1.82, 2.24) is 4.98 Å². The van der Waals surface area contributed by atoms with Gasteiger partial charge in [0, 0.05) is 11.8 Å². The van der Waals surface area contributed by atoms with Gasteiger partial charge in [-0.1, -0.05) is 0 Å². The Bertz CT molecular complexity index is 445. The Balaban J connectivity index is 3.43. The molecule has 0 saturated heterocycles. The zero-order valence-electron chi connectivity index (χ0n) is 7.24. The van der Waals surface area contributed by atoms with Crippen LogP contribution in [-0.4, -0.2) is 13.4 Å². The molecule has 0 aromatic carbocycles. The Kier molecular flexibility index (Phi) is 2.81. The number of primary sulfonamides is 1. The average Bonchev–Trinajstić information content (AvgIpc) is 2.01. The van der Waals surface area contributed by atoms with Crippen LogP contribution >= 0.6 is 0 Å². The van der Waals surface area contributed by atoms with Gasteiger partial charge in [0.2, 0.25) is 0 Å². The largest absolute Gasteiger partial charge is 0.264 e. The summed E-state index contributed by atoms with van der Waals surface area (Å²) in [5, 5.41) is 4.29. The second-order valence-corrected chi connectivity index (χ2v) is 4.15. The van der Waals surface area contributed by atoms with E-state index >= 15 is 0 Å². The normalized spacial score (nSPS) is 12.1. The molecule has 0 unspecified atom stereocenters. The molecule has 1 heterocycles. The second kappa shape index (κ2) is 3.58. The van der Waals surface area contributed by atoms with Crippen LogP contribution in [0.25, 0.3) is 0 Å². The van der Waals surface area contributed by atoms with Crippen molar-refractivity contribution in [2.45, 2.75) is 18.4 Å². The molecule has 0 bridgehead atoms. The molecule has 1 rings (SSSR count). The van der Waals surface area contributed by atoms with E-state index in [2.05, 4.69) is 4.98 Å². The van der Waals surface area contributed by atoms with Gasteiger partial charge in [0.05, 0.1) is 0 Å². The molecule has 1 aromatic heterocycles. The molecule has 4 nitrogen and oxygen atoms in total. The highest BCUT2D eigenvalue weighted by Crippen LogP contribution is 2.24. The van der Waals surface area contributed by atoms with Crippen molar-refractivity contribution in [3.05, 3.63) is 23.4 Å². The van der Waals surface area contributed by atoms with Gasteiger partial charge in [0.25, 0.3) is 16.4 Å². The number of nitrogens with zero attached hydrogens (tertiary/aromatic N) is 1. The quantitative estimate of drug-likeness (QED) is 0.810. The summed E-state index contributed by atoms with van der Waals surface area (Å²) in [6.45, 7) is 1.24. The Labute approximate surface area is 79.8 Å². The Morgan fingerprint density at radius 3 is 2.50 bits per heavy atom. The highest BCUT2D eigenvalue weighted by molar-refractivity contribution is 7.89. The molecular weight excluding hydrogens is 214 g/mol. The van der Waals surface area contributed by atoms with E-state index in [4.69, 9.17) is 5.14 Å². The summed E-state index contributed by atoms with van der Waals surface area (Å²) in [5.74, 6) is 0. The van der Waals surface area contributed by atoms with Crippen molar-refractivity contribution < 1.29 is 17.2 Å². The summed E-state index contributed by atoms with van der Waals surface area (Å²) >= 11 is 0. The lowest BCUT2D eigenvalue weighted by Crippen LogP contribution is -2.16. The topological polar surface area (TPSA) is 73.0 Å². The van der Waals surface area contributed by atoms with Gasteiger partial charge in [-0.3, -0.25) is 0 Å². The molecule has 14 heavy (non-hydrogen) atoms. The summed E-state index contributed by atoms with van der Waals surface area (Å²) in [5.41, 5.74) is -0.478. The summed E-state index contributed by atoms with van der Waals surface area (Å²) < 4.78 is 46.5. The minimum absolute atomic E-state index is 0.106. The number of rotatable bonds is 2. The molecule has 0 amide bonds. The molecule has 78 valence electrons. The second-order valence-electron chi connectivity index (χ2n) is 2.68. The smallest absolute Gasteiger partial charge is 0.243 e. The van der Waals surface area contributed by atoms with Crippen molar-refractivity contribution in [3.8, 4) is 0 Å². The van der Waals surface area contributed by atoms with Crippen LogP contribution in [0.1, 0.15) is 17.6 Å². The average molecular weight is 222 g/mol. The van der Waals surface area contributed by atoms with Gasteiger partial charge in [-0.15, -0.1) is 0 Å². The predicted octanol–water partition coefficient (Wildman–Crippen LogP) is 0.975. The molecular formula is C7H8F2N2O2S. The molecule has 0 radical (unpaired) electrons. The number of hydrogen-bond acceptors (Lipinski definition) is 3. The van der Waals surface area contributed by atoms with Crippen LogP contribution < -0.4 is 5.14 Å². The predicted molar refractivity (Wildman–Crippen MR) is 45.3 cm³/mol. The molecule has 0 fully saturated rings. The Hall–Kier alpha value is -1.08. The molecule has 0 aliphatic carbocycles. The van der Waals surface area contributed by atoms with E-state index in [1.807, 2.05) is 0 Å². The molecule has 2 N–H and O–H groups in total. The number of halogens is 2. The summed E-state index contributed by atoms with van der Waals surface area (Å²) in [6.07, 6.45) is -1.74. The highest BCUT2D eigenvalue weighted by atomic mass is 32.2. The lowest BCUT2D eigenvalue weighted by atomic mass is 10.2. The van der Waals surface area contributed by atoms with Gasteiger partial charge in [-0.05, 0) is 18.6 Å². The number of pyridine rings is 1. The van der Waals surface area contributed by atoms with Crippen LogP contribution in [0, 0.1) is 6.92 Å². The molecule has 0 atom stereocenters. The minimum Gasteiger partial charge on any atom is -0.243 e. The van der Waals surface area contributed by atoms with E-state index in [1.165, 1.54) is 6.92 Å². The standard InChI is InChI=1S/C7H8F2N2O2S/c1-4-5(6(8)9)2-3-11-7(4)14(10,12)13/h2-3,6H,1H3,(H2,10,12,13). The summed E-state index contributed by atoms with van der Waals surface area (Å²) in [6, 6.07) is 1.06. The first-order valence-electron chi connectivity index (χ1n) is 3.60. The van der Waals surface area contributed by atoms with Crippen LogP contribution in [0.15, 0.2) is 17.3 Å². The Morgan fingerprint density at radius 1 is 1.50 bits per heavy atom.